The molecule has 0 aliphatic heterocycles. The number of aryl methyl sites for hydroxylation is 2. The molecule has 0 fully saturated rings. The number of hydrogen-bond acceptors (Lipinski definition) is 5. The highest BCUT2D eigenvalue weighted by molar-refractivity contribution is 5.95. The number of ether oxygens (including phenoxy) is 1. The van der Waals surface area contributed by atoms with Gasteiger partial charge in [-0.2, -0.15) is 0 Å². The number of hydrogen-bond donors (Lipinski definition) is 1. The van der Waals surface area contributed by atoms with Crippen molar-refractivity contribution < 1.29 is 9.53 Å². The molecule has 0 unspecified atom stereocenters. The van der Waals surface area contributed by atoms with E-state index in [-0.39, 0.29) is 11.2 Å². The smallest absolute Gasteiger partial charge is 0.338 e. The van der Waals surface area contributed by atoms with Crippen molar-refractivity contribution in [1.82, 2.24) is 19.6 Å². The highest BCUT2D eigenvalue weighted by atomic mass is 16.5. The van der Waals surface area contributed by atoms with Gasteiger partial charge in [0, 0.05) is 6.42 Å². The maximum atomic E-state index is 12.1. The average Bonchev–Trinajstić information content (AvgIpc) is 2.91. The molecule has 108 valence electrons. The van der Waals surface area contributed by atoms with Gasteiger partial charge in [-0.05, 0) is 24.6 Å². The van der Waals surface area contributed by atoms with Crippen LogP contribution in [-0.4, -0.2) is 32.7 Å². The molecule has 2 heterocycles. The van der Waals surface area contributed by atoms with Crippen molar-refractivity contribution >= 4 is 22.6 Å². The summed E-state index contributed by atoms with van der Waals surface area (Å²) in [5, 5.41) is 7.95. The fourth-order valence-corrected chi connectivity index (χ4v) is 2.43. The van der Waals surface area contributed by atoms with E-state index in [2.05, 4.69) is 15.2 Å². The number of fused-ring (bicyclic) bond motifs is 3. The normalized spacial score (nSPS) is 11.2. The van der Waals surface area contributed by atoms with Crippen molar-refractivity contribution in [2.75, 3.05) is 7.11 Å². The van der Waals surface area contributed by atoms with Crippen molar-refractivity contribution in [2.24, 2.45) is 0 Å². The van der Waals surface area contributed by atoms with Crippen molar-refractivity contribution in [3.8, 4) is 0 Å². The molecule has 0 spiro atoms. The van der Waals surface area contributed by atoms with Crippen LogP contribution < -0.4 is 5.56 Å². The Hall–Kier alpha value is -2.70. The van der Waals surface area contributed by atoms with E-state index < -0.39 is 5.97 Å². The van der Waals surface area contributed by atoms with Crippen LogP contribution in [0.15, 0.2) is 16.9 Å². The largest absolute Gasteiger partial charge is 0.465 e. The second-order valence-electron chi connectivity index (χ2n) is 4.76. The molecule has 0 aliphatic rings. The number of carbonyl (C=O) groups excluding carboxylic acids is 1. The standard InChI is InChI=1S/C14H14N4O3/c1-4-11-16-17-12-13(19)15-9-6-8(14(20)21-3)7(2)5-10(9)18(11)12/h5-6H,4H2,1-3H3,(H,15,19). The Labute approximate surface area is 119 Å². The van der Waals surface area contributed by atoms with Crippen molar-refractivity contribution in [3.63, 3.8) is 0 Å². The van der Waals surface area contributed by atoms with Gasteiger partial charge >= 0.3 is 5.97 Å². The molecule has 0 saturated carbocycles. The predicted octanol–water partition coefficient (Wildman–Crippen LogP) is 1.23. The topological polar surface area (TPSA) is 89.4 Å². The van der Waals surface area contributed by atoms with Crippen LogP contribution in [0.3, 0.4) is 0 Å². The molecule has 0 atom stereocenters. The molecule has 7 nitrogen and oxygen atoms in total. The zero-order chi connectivity index (χ0) is 15.1. The lowest BCUT2D eigenvalue weighted by molar-refractivity contribution is 0.0600. The highest BCUT2D eigenvalue weighted by Crippen LogP contribution is 2.19. The number of carbonyl (C=O) groups is 1. The Balaban J connectivity index is 2.47. The summed E-state index contributed by atoms with van der Waals surface area (Å²) in [7, 11) is 1.33. The molecule has 0 saturated heterocycles. The van der Waals surface area contributed by atoms with Crippen LogP contribution in [0.1, 0.15) is 28.7 Å². The molecule has 3 rings (SSSR count). The Morgan fingerprint density at radius 2 is 2.14 bits per heavy atom. The van der Waals surface area contributed by atoms with Crippen LogP contribution in [0.2, 0.25) is 0 Å². The van der Waals surface area contributed by atoms with Crippen molar-refractivity contribution in [1.29, 1.82) is 0 Å². The lowest BCUT2D eigenvalue weighted by Crippen LogP contribution is -2.13. The van der Waals surface area contributed by atoms with Gasteiger partial charge in [-0.1, -0.05) is 6.92 Å². The van der Waals surface area contributed by atoms with Gasteiger partial charge in [-0.3, -0.25) is 9.20 Å². The number of nitrogens with zero attached hydrogens (tertiary/aromatic N) is 3. The minimum atomic E-state index is -0.435. The van der Waals surface area contributed by atoms with Crippen LogP contribution in [0.25, 0.3) is 16.7 Å². The number of rotatable bonds is 2. The molecular formula is C14H14N4O3. The number of aromatic amines is 1. The van der Waals surface area contributed by atoms with E-state index in [0.29, 0.717) is 23.3 Å². The third-order valence-corrected chi connectivity index (χ3v) is 3.49. The second-order valence-corrected chi connectivity index (χ2v) is 4.76. The first-order chi connectivity index (χ1) is 10.1. The average molecular weight is 286 g/mol. The fraction of sp³-hybridized carbons (Fsp3) is 0.286. The molecule has 7 heteroatoms. The lowest BCUT2D eigenvalue weighted by atomic mass is 10.1. The van der Waals surface area contributed by atoms with Crippen LogP contribution in [-0.2, 0) is 11.2 Å². The third kappa shape index (κ3) is 1.89. The van der Waals surface area contributed by atoms with E-state index in [1.54, 1.807) is 10.5 Å². The summed E-state index contributed by atoms with van der Waals surface area (Å²) in [6.07, 6.45) is 0.650. The maximum absolute atomic E-state index is 12.1. The van der Waals surface area contributed by atoms with Gasteiger partial charge in [-0.15, -0.1) is 10.2 Å². The summed E-state index contributed by atoms with van der Waals surface area (Å²) >= 11 is 0. The van der Waals surface area contributed by atoms with Crippen LogP contribution >= 0.6 is 0 Å². The maximum Gasteiger partial charge on any atom is 0.338 e. The van der Waals surface area contributed by atoms with Crippen LogP contribution in [0, 0.1) is 6.92 Å². The van der Waals surface area contributed by atoms with Gasteiger partial charge in [0.15, 0.2) is 0 Å². The highest BCUT2D eigenvalue weighted by Gasteiger charge is 2.16. The number of nitrogens with one attached hydrogen (secondary N) is 1. The summed E-state index contributed by atoms with van der Waals surface area (Å²) in [6.45, 7) is 3.76. The van der Waals surface area contributed by atoms with Crippen molar-refractivity contribution in [3.05, 3.63) is 39.4 Å². The molecule has 1 N–H and O–H groups in total. The summed E-state index contributed by atoms with van der Waals surface area (Å²) < 4.78 is 6.48. The van der Waals surface area contributed by atoms with E-state index >= 15 is 0 Å². The molecule has 1 aromatic carbocycles. The fourth-order valence-electron chi connectivity index (χ4n) is 2.43. The van der Waals surface area contributed by atoms with Gasteiger partial charge in [0.25, 0.3) is 5.56 Å². The molecular weight excluding hydrogens is 272 g/mol. The number of benzene rings is 1. The van der Waals surface area contributed by atoms with E-state index in [0.717, 1.165) is 11.1 Å². The first-order valence-corrected chi connectivity index (χ1v) is 6.55. The predicted molar refractivity (Wildman–Crippen MR) is 76.6 cm³/mol. The van der Waals surface area contributed by atoms with E-state index in [4.69, 9.17) is 4.74 Å². The van der Waals surface area contributed by atoms with E-state index in [1.807, 2.05) is 19.9 Å². The SMILES string of the molecule is CCc1nnc2c(=O)[nH]c3cc(C(=O)OC)c(C)cc3n12. The minimum absolute atomic E-state index is 0.254. The summed E-state index contributed by atoms with van der Waals surface area (Å²) in [5.74, 6) is 0.265. The monoisotopic (exact) mass is 286 g/mol. The van der Waals surface area contributed by atoms with Gasteiger partial charge in [0.1, 0.15) is 5.82 Å². The molecule has 0 aliphatic carbocycles. The molecule has 0 amide bonds. The first-order valence-electron chi connectivity index (χ1n) is 6.55. The van der Waals surface area contributed by atoms with Gasteiger partial charge < -0.3 is 9.72 Å². The van der Waals surface area contributed by atoms with E-state index in [9.17, 15) is 9.59 Å². The molecule has 2 aromatic heterocycles. The van der Waals surface area contributed by atoms with Gasteiger partial charge in [0.2, 0.25) is 5.65 Å². The van der Waals surface area contributed by atoms with Crippen LogP contribution in [0.5, 0.6) is 0 Å². The summed E-state index contributed by atoms with van der Waals surface area (Å²) in [4.78, 5) is 26.5. The Morgan fingerprint density at radius 3 is 2.81 bits per heavy atom. The number of aromatic nitrogens is 4. The molecule has 21 heavy (non-hydrogen) atoms. The number of esters is 1. The molecule has 0 radical (unpaired) electrons. The lowest BCUT2D eigenvalue weighted by Gasteiger charge is -2.08. The van der Waals surface area contributed by atoms with Gasteiger partial charge in [0.05, 0.1) is 23.7 Å². The number of methoxy groups -OCH3 is 1. The zero-order valence-corrected chi connectivity index (χ0v) is 11.9. The zero-order valence-electron chi connectivity index (χ0n) is 11.9. The Bertz CT molecular complexity index is 923. The Kier molecular flexibility index (Phi) is 2.97. The quantitative estimate of drug-likeness (QED) is 0.716. The summed E-state index contributed by atoms with van der Waals surface area (Å²) in [6, 6.07) is 3.45. The van der Waals surface area contributed by atoms with E-state index in [1.165, 1.54) is 7.11 Å². The summed E-state index contributed by atoms with van der Waals surface area (Å²) in [5.41, 5.74) is 2.41. The molecule has 0 bridgehead atoms. The van der Waals surface area contributed by atoms with Gasteiger partial charge in [-0.25, -0.2) is 4.79 Å². The minimum Gasteiger partial charge on any atom is -0.465 e. The third-order valence-electron chi connectivity index (χ3n) is 3.49. The second kappa shape index (κ2) is 4.69. The van der Waals surface area contributed by atoms with Crippen LogP contribution in [0.4, 0.5) is 0 Å². The van der Waals surface area contributed by atoms with Crippen molar-refractivity contribution in [2.45, 2.75) is 20.3 Å². The molecule has 3 aromatic rings. The number of H-pyrrole nitrogens is 1. The first kappa shape index (κ1) is 13.3. The Morgan fingerprint density at radius 1 is 1.38 bits per heavy atom.